The standard InChI is InChI=1S/C13H8Cl2O2S/c14-9-3-5-12(11(15)8-9)17-13(16)6-4-10-2-1-7-18-10/h1-8H. The van der Waals surface area contributed by atoms with Crippen LogP contribution in [-0.4, -0.2) is 5.97 Å². The van der Waals surface area contributed by atoms with Crippen LogP contribution < -0.4 is 4.74 Å². The normalized spacial score (nSPS) is 10.8. The van der Waals surface area contributed by atoms with Gasteiger partial charge in [-0.15, -0.1) is 11.3 Å². The van der Waals surface area contributed by atoms with Crippen LogP contribution in [0.2, 0.25) is 10.0 Å². The van der Waals surface area contributed by atoms with Crippen LogP contribution >= 0.6 is 34.5 Å². The lowest BCUT2D eigenvalue weighted by atomic mass is 10.3. The molecule has 0 aliphatic heterocycles. The second kappa shape index (κ2) is 6.05. The second-order valence-corrected chi connectivity index (χ2v) is 5.17. The van der Waals surface area contributed by atoms with Gasteiger partial charge in [0.05, 0.1) is 5.02 Å². The van der Waals surface area contributed by atoms with Gasteiger partial charge in [0.25, 0.3) is 0 Å². The summed E-state index contributed by atoms with van der Waals surface area (Å²) in [6, 6.07) is 8.50. The summed E-state index contributed by atoms with van der Waals surface area (Å²) in [4.78, 5) is 12.5. The van der Waals surface area contributed by atoms with E-state index >= 15 is 0 Å². The van der Waals surface area contributed by atoms with Crippen LogP contribution in [0.5, 0.6) is 5.75 Å². The Kier molecular flexibility index (Phi) is 4.42. The van der Waals surface area contributed by atoms with Gasteiger partial charge in [0, 0.05) is 16.0 Å². The first-order valence-electron chi connectivity index (χ1n) is 5.03. The zero-order chi connectivity index (χ0) is 13.0. The lowest BCUT2D eigenvalue weighted by Crippen LogP contribution is -2.03. The molecule has 0 aliphatic carbocycles. The Morgan fingerprint density at radius 2 is 2.11 bits per heavy atom. The Hall–Kier alpha value is -1.29. The first-order chi connectivity index (χ1) is 8.65. The van der Waals surface area contributed by atoms with Gasteiger partial charge in [-0.3, -0.25) is 0 Å². The van der Waals surface area contributed by atoms with Gasteiger partial charge >= 0.3 is 5.97 Å². The van der Waals surface area contributed by atoms with Crippen LogP contribution in [0.15, 0.2) is 41.8 Å². The molecule has 0 fully saturated rings. The Morgan fingerprint density at radius 3 is 2.78 bits per heavy atom. The molecular weight excluding hydrogens is 291 g/mol. The summed E-state index contributed by atoms with van der Waals surface area (Å²) in [5.74, 6) is -0.186. The molecule has 0 atom stereocenters. The van der Waals surface area contributed by atoms with E-state index in [1.54, 1.807) is 18.2 Å². The van der Waals surface area contributed by atoms with Gasteiger partial charge < -0.3 is 4.74 Å². The van der Waals surface area contributed by atoms with Crippen molar-refractivity contribution in [2.45, 2.75) is 0 Å². The van der Waals surface area contributed by atoms with E-state index in [9.17, 15) is 4.79 Å². The highest BCUT2D eigenvalue weighted by atomic mass is 35.5. The van der Waals surface area contributed by atoms with E-state index in [0.717, 1.165) is 4.88 Å². The van der Waals surface area contributed by atoms with Crippen LogP contribution in [0.1, 0.15) is 4.88 Å². The van der Waals surface area contributed by atoms with Gasteiger partial charge in [-0.05, 0) is 35.7 Å². The molecule has 0 unspecified atom stereocenters. The quantitative estimate of drug-likeness (QED) is 0.467. The number of rotatable bonds is 3. The van der Waals surface area contributed by atoms with Crippen molar-refractivity contribution in [1.29, 1.82) is 0 Å². The third-order valence-corrected chi connectivity index (χ3v) is 3.40. The van der Waals surface area contributed by atoms with E-state index < -0.39 is 5.97 Å². The first-order valence-corrected chi connectivity index (χ1v) is 6.67. The fraction of sp³-hybridized carbons (Fsp3) is 0. The molecule has 18 heavy (non-hydrogen) atoms. The van der Waals surface area contributed by atoms with Gasteiger partial charge in [0.1, 0.15) is 5.75 Å². The van der Waals surface area contributed by atoms with Crippen LogP contribution in [0.4, 0.5) is 0 Å². The molecule has 0 radical (unpaired) electrons. The molecule has 2 aromatic rings. The summed E-state index contributed by atoms with van der Waals surface area (Å²) in [7, 11) is 0. The van der Waals surface area contributed by atoms with Crippen molar-refractivity contribution in [3.8, 4) is 5.75 Å². The topological polar surface area (TPSA) is 26.3 Å². The van der Waals surface area contributed by atoms with Gasteiger partial charge in [0.2, 0.25) is 0 Å². The highest BCUT2D eigenvalue weighted by Gasteiger charge is 2.06. The minimum atomic E-state index is -0.479. The fourth-order valence-electron chi connectivity index (χ4n) is 1.24. The molecule has 2 rings (SSSR count). The molecule has 0 saturated carbocycles. The number of thiophene rings is 1. The maximum atomic E-state index is 11.5. The Bertz CT molecular complexity index is 577. The molecule has 2 nitrogen and oxygen atoms in total. The van der Waals surface area contributed by atoms with Crippen LogP contribution in [0.25, 0.3) is 6.08 Å². The number of ether oxygens (including phenoxy) is 1. The van der Waals surface area contributed by atoms with E-state index in [4.69, 9.17) is 27.9 Å². The maximum absolute atomic E-state index is 11.5. The molecule has 0 bridgehead atoms. The lowest BCUT2D eigenvalue weighted by molar-refractivity contribution is -0.128. The molecule has 1 aromatic carbocycles. The van der Waals surface area contributed by atoms with Crippen LogP contribution in [-0.2, 0) is 4.79 Å². The molecule has 0 saturated heterocycles. The maximum Gasteiger partial charge on any atom is 0.336 e. The number of hydrogen-bond acceptors (Lipinski definition) is 3. The smallest absolute Gasteiger partial charge is 0.336 e. The van der Waals surface area contributed by atoms with E-state index in [2.05, 4.69) is 0 Å². The largest absolute Gasteiger partial charge is 0.422 e. The van der Waals surface area contributed by atoms with Crippen molar-refractivity contribution in [3.63, 3.8) is 0 Å². The summed E-state index contributed by atoms with van der Waals surface area (Å²) in [6.45, 7) is 0. The first kappa shape index (κ1) is 13.1. The van der Waals surface area contributed by atoms with Crippen molar-refractivity contribution in [2.24, 2.45) is 0 Å². The van der Waals surface area contributed by atoms with E-state index in [1.807, 2.05) is 17.5 Å². The van der Waals surface area contributed by atoms with Crippen LogP contribution in [0.3, 0.4) is 0 Å². The molecule has 0 spiro atoms. The van der Waals surface area contributed by atoms with E-state index in [-0.39, 0.29) is 0 Å². The minimum Gasteiger partial charge on any atom is -0.422 e. The number of hydrogen-bond donors (Lipinski definition) is 0. The lowest BCUT2D eigenvalue weighted by Gasteiger charge is -2.03. The van der Waals surface area contributed by atoms with E-state index in [1.165, 1.54) is 23.5 Å². The Balaban J connectivity index is 2.03. The number of carbonyl (C=O) groups is 1. The monoisotopic (exact) mass is 298 g/mol. The summed E-state index contributed by atoms with van der Waals surface area (Å²) in [5.41, 5.74) is 0. The van der Waals surface area contributed by atoms with Crippen molar-refractivity contribution in [2.75, 3.05) is 0 Å². The van der Waals surface area contributed by atoms with Gasteiger partial charge in [0.15, 0.2) is 0 Å². The molecule has 0 aliphatic rings. The van der Waals surface area contributed by atoms with Crippen molar-refractivity contribution < 1.29 is 9.53 Å². The summed E-state index contributed by atoms with van der Waals surface area (Å²) >= 11 is 13.2. The highest BCUT2D eigenvalue weighted by molar-refractivity contribution is 7.10. The third kappa shape index (κ3) is 3.60. The van der Waals surface area contributed by atoms with Crippen molar-refractivity contribution in [3.05, 3.63) is 56.7 Å². The predicted octanol–water partition coefficient (Wildman–Crippen LogP) is 4.67. The summed E-state index contributed by atoms with van der Waals surface area (Å²) < 4.78 is 5.09. The molecule has 0 amide bonds. The average molecular weight is 299 g/mol. The molecular formula is C13H8Cl2O2S. The van der Waals surface area contributed by atoms with Gasteiger partial charge in [-0.1, -0.05) is 29.3 Å². The zero-order valence-corrected chi connectivity index (χ0v) is 11.4. The minimum absolute atomic E-state index is 0.293. The highest BCUT2D eigenvalue weighted by Crippen LogP contribution is 2.27. The Labute approximate surface area is 118 Å². The van der Waals surface area contributed by atoms with Crippen molar-refractivity contribution in [1.82, 2.24) is 0 Å². The fourth-order valence-corrected chi connectivity index (χ4v) is 2.30. The number of esters is 1. The van der Waals surface area contributed by atoms with Gasteiger partial charge in [-0.25, -0.2) is 4.79 Å². The molecule has 92 valence electrons. The number of halogens is 2. The third-order valence-electron chi connectivity index (χ3n) is 2.03. The molecule has 1 aromatic heterocycles. The molecule has 0 N–H and O–H groups in total. The van der Waals surface area contributed by atoms with E-state index in [0.29, 0.717) is 15.8 Å². The number of carbonyl (C=O) groups excluding carboxylic acids is 1. The summed E-state index contributed by atoms with van der Waals surface area (Å²) in [6.07, 6.45) is 3.05. The van der Waals surface area contributed by atoms with Crippen LogP contribution in [0, 0.1) is 0 Å². The molecule has 5 heteroatoms. The second-order valence-electron chi connectivity index (χ2n) is 3.34. The Morgan fingerprint density at radius 1 is 1.28 bits per heavy atom. The molecule has 1 heterocycles. The van der Waals surface area contributed by atoms with Crippen molar-refractivity contribution >= 4 is 46.6 Å². The van der Waals surface area contributed by atoms with Gasteiger partial charge in [-0.2, -0.15) is 0 Å². The number of benzene rings is 1. The average Bonchev–Trinajstić information content (AvgIpc) is 2.83. The summed E-state index contributed by atoms with van der Waals surface area (Å²) in [5, 5.41) is 2.73. The SMILES string of the molecule is O=C(C=Cc1cccs1)Oc1ccc(Cl)cc1Cl. The predicted molar refractivity (Wildman–Crippen MR) is 75.5 cm³/mol. The zero-order valence-electron chi connectivity index (χ0n) is 9.10.